The van der Waals surface area contributed by atoms with Crippen molar-refractivity contribution in [1.82, 2.24) is 4.90 Å². The number of benzene rings is 4. The molecule has 276 valence electrons. The van der Waals surface area contributed by atoms with E-state index in [1.807, 2.05) is 72.8 Å². The molecule has 1 saturated carbocycles. The molecule has 1 amide bonds. The van der Waals surface area contributed by atoms with Gasteiger partial charge in [0, 0.05) is 23.1 Å². The van der Waals surface area contributed by atoms with Gasteiger partial charge in [-0.3, -0.25) is 9.69 Å². The van der Waals surface area contributed by atoms with Crippen molar-refractivity contribution < 1.29 is 37.3 Å². The van der Waals surface area contributed by atoms with Crippen molar-refractivity contribution in [2.75, 3.05) is 6.54 Å². The predicted octanol–water partition coefficient (Wildman–Crippen LogP) is 10.2. The molecule has 2 bridgehead atoms. The molecule has 4 aliphatic rings. The van der Waals surface area contributed by atoms with E-state index in [0.717, 1.165) is 35.1 Å². The number of rotatable bonds is 6. The van der Waals surface area contributed by atoms with E-state index in [0.29, 0.717) is 55.3 Å². The highest BCUT2D eigenvalue weighted by Gasteiger charge is 2.64. The fraction of sp³-hybridized carbons (Fsp3) is 0.364. The zero-order valence-corrected chi connectivity index (χ0v) is 30.0. The molecule has 3 aliphatic carbocycles. The fourth-order valence-corrected chi connectivity index (χ4v) is 8.72. The monoisotopic (exact) mass is 723 g/mol. The molecule has 1 aliphatic heterocycles. The highest BCUT2D eigenvalue weighted by Crippen LogP contribution is 2.62. The SMILES string of the molecule is CC1=CCC[C@@]2(C)[C@@H](CC[C@@]23CN(Cc2ccc(OC(F)(F)F)cc2)C(=O)O3)c2ccc(cc2C(=O)c2ccc(-c3ccccc3)cc2)C[C@@H](O)CC1. The fourth-order valence-electron chi connectivity index (χ4n) is 8.72. The third-order valence-corrected chi connectivity index (χ3v) is 11.7. The molecule has 1 spiro atoms. The Morgan fingerprint density at radius 2 is 1.66 bits per heavy atom. The Morgan fingerprint density at radius 1 is 0.943 bits per heavy atom. The normalized spacial score (nSPS) is 24.8. The molecule has 9 heteroatoms. The van der Waals surface area contributed by atoms with Crippen molar-refractivity contribution in [3.05, 3.63) is 137 Å². The summed E-state index contributed by atoms with van der Waals surface area (Å²) in [6, 6.07) is 29.2. The Balaban J connectivity index is 1.23. The second-order valence-corrected chi connectivity index (χ2v) is 15.1. The number of aliphatic hydroxyl groups is 1. The van der Waals surface area contributed by atoms with Gasteiger partial charge in [0.15, 0.2) is 5.78 Å². The van der Waals surface area contributed by atoms with Crippen LogP contribution >= 0.6 is 0 Å². The third-order valence-electron chi connectivity index (χ3n) is 11.7. The summed E-state index contributed by atoms with van der Waals surface area (Å²) < 4.78 is 48.6. The van der Waals surface area contributed by atoms with Gasteiger partial charge < -0.3 is 14.6 Å². The summed E-state index contributed by atoms with van der Waals surface area (Å²) in [6.45, 7) is 4.75. The maximum atomic E-state index is 14.5. The maximum Gasteiger partial charge on any atom is 0.573 e. The minimum atomic E-state index is -4.79. The number of nitrogens with zero attached hydrogens (tertiary/aromatic N) is 1. The van der Waals surface area contributed by atoms with Crippen LogP contribution in [0.2, 0.25) is 0 Å². The summed E-state index contributed by atoms with van der Waals surface area (Å²) in [5, 5.41) is 11.0. The summed E-state index contributed by atoms with van der Waals surface area (Å²) in [7, 11) is 0. The van der Waals surface area contributed by atoms with Crippen molar-refractivity contribution in [1.29, 1.82) is 0 Å². The molecule has 1 saturated heterocycles. The number of ketones is 1. The lowest BCUT2D eigenvalue weighted by atomic mass is 9.64. The summed E-state index contributed by atoms with van der Waals surface area (Å²) in [6.07, 6.45) is 0.923. The summed E-state index contributed by atoms with van der Waals surface area (Å²) in [5.41, 5.74) is 5.49. The molecule has 0 aromatic heterocycles. The molecule has 6 nitrogen and oxygen atoms in total. The zero-order valence-electron chi connectivity index (χ0n) is 30.0. The van der Waals surface area contributed by atoms with Crippen molar-refractivity contribution in [2.24, 2.45) is 5.41 Å². The first-order valence-electron chi connectivity index (χ1n) is 18.3. The van der Waals surface area contributed by atoms with Gasteiger partial charge in [-0.2, -0.15) is 0 Å². The summed E-state index contributed by atoms with van der Waals surface area (Å²) >= 11 is 0. The van der Waals surface area contributed by atoms with E-state index in [1.54, 1.807) is 4.90 Å². The molecule has 1 heterocycles. The highest BCUT2D eigenvalue weighted by atomic mass is 19.4. The van der Waals surface area contributed by atoms with Crippen LogP contribution in [0.5, 0.6) is 5.75 Å². The van der Waals surface area contributed by atoms with Gasteiger partial charge in [-0.1, -0.05) is 97.4 Å². The first-order valence-corrected chi connectivity index (χ1v) is 18.3. The van der Waals surface area contributed by atoms with E-state index in [9.17, 15) is 27.9 Å². The highest BCUT2D eigenvalue weighted by molar-refractivity contribution is 6.10. The molecule has 53 heavy (non-hydrogen) atoms. The van der Waals surface area contributed by atoms with Crippen molar-refractivity contribution in [3.8, 4) is 16.9 Å². The number of ether oxygens (including phenoxy) is 2. The number of hydrogen-bond acceptors (Lipinski definition) is 5. The first kappa shape index (κ1) is 36.5. The van der Waals surface area contributed by atoms with Gasteiger partial charge in [-0.25, -0.2) is 4.79 Å². The Kier molecular flexibility index (Phi) is 9.98. The Labute approximate surface area is 308 Å². The second-order valence-electron chi connectivity index (χ2n) is 15.1. The third kappa shape index (κ3) is 7.63. The molecule has 0 unspecified atom stereocenters. The molecule has 2 fully saturated rings. The topological polar surface area (TPSA) is 76.1 Å². The molecule has 4 atom stereocenters. The van der Waals surface area contributed by atoms with Crippen LogP contribution in [0, 0.1) is 5.41 Å². The number of allylic oxidation sites excluding steroid dienone is 2. The van der Waals surface area contributed by atoms with Gasteiger partial charge in [0.25, 0.3) is 0 Å². The maximum absolute atomic E-state index is 14.5. The molecule has 0 radical (unpaired) electrons. The molecular weight excluding hydrogens is 679 g/mol. The van der Waals surface area contributed by atoms with E-state index < -0.39 is 29.6 Å². The Morgan fingerprint density at radius 3 is 2.38 bits per heavy atom. The smallest absolute Gasteiger partial charge is 0.440 e. The van der Waals surface area contributed by atoms with Gasteiger partial charge in [0.1, 0.15) is 11.4 Å². The minimum Gasteiger partial charge on any atom is -0.440 e. The number of amides is 1. The molecule has 1 N–H and O–H groups in total. The van der Waals surface area contributed by atoms with Crippen LogP contribution in [0.1, 0.15) is 90.9 Å². The standard InChI is InChI=1S/C44H44F3NO5/c1-29-7-6-23-42(2)39(22-24-43(42)28-48(41(51)53-43)27-30-11-19-36(20-12-30)52-44(45,46)47)37-21-13-31(25-35(49)18-10-29)26-38(37)40(50)34-16-14-33(15-17-34)32-8-4-3-5-9-32/h3-5,7-9,11-17,19-21,26,35,39,49H,6,10,18,22-25,27-28H2,1-2H3/t35-,39-,42-,43+/m0/s1. The number of alkyl halides is 3. The molecule has 4 aromatic carbocycles. The van der Waals surface area contributed by atoms with Crippen molar-refractivity contribution in [2.45, 2.75) is 89.3 Å². The van der Waals surface area contributed by atoms with Gasteiger partial charge >= 0.3 is 12.5 Å². The van der Waals surface area contributed by atoms with Crippen molar-refractivity contribution >= 4 is 11.9 Å². The summed E-state index contributed by atoms with van der Waals surface area (Å²) in [4.78, 5) is 29.8. The van der Waals surface area contributed by atoms with Crippen molar-refractivity contribution in [3.63, 3.8) is 0 Å². The average Bonchev–Trinajstić information content (AvgIpc) is 3.60. The van der Waals surface area contributed by atoms with E-state index in [2.05, 4.69) is 24.7 Å². The van der Waals surface area contributed by atoms with Crippen LogP contribution in [-0.2, 0) is 17.7 Å². The second kappa shape index (κ2) is 14.5. The van der Waals surface area contributed by atoms with Gasteiger partial charge in [0.2, 0.25) is 0 Å². The zero-order chi connectivity index (χ0) is 37.4. The number of carbonyl (C=O) groups excluding carboxylic acids is 2. The van der Waals surface area contributed by atoms with Crippen LogP contribution in [0.3, 0.4) is 0 Å². The van der Waals surface area contributed by atoms with Crippen LogP contribution in [0.15, 0.2) is 109 Å². The number of halogens is 3. The molecular formula is C44H44F3NO5. The number of hydrogen-bond donors (Lipinski definition) is 1. The lowest BCUT2D eigenvalue weighted by Crippen LogP contribution is -2.48. The predicted molar refractivity (Wildman–Crippen MR) is 197 cm³/mol. The van der Waals surface area contributed by atoms with E-state index in [-0.39, 0.29) is 24.0 Å². The van der Waals surface area contributed by atoms with Crippen LogP contribution < -0.4 is 4.74 Å². The van der Waals surface area contributed by atoms with Crippen LogP contribution in [-0.4, -0.2) is 46.5 Å². The largest absolute Gasteiger partial charge is 0.573 e. The first-order chi connectivity index (χ1) is 25.3. The minimum absolute atomic E-state index is 0.0925. The van der Waals surface area contributed by atoms with Gasteiger partial charge in [-0.05, 0) is 104 Å². The quantitative estimate of drug-likeness (QED) is 0.158. The van der Waals surface area contributed by atoms with Crippen LogP contribution in [0.4, 0.5) is 18.0 Å². The molecule has 4 aromatic rings. The Bertz CT molecular complexity index is 1990. The average molecular weight is 724 g/mol. The van der Waals surface area contributed by atoms with E-state index in [1.165, 1.54) is 29.8 Å². The Hall–Kier alpha value is -4.89. The lowest BCUT2D eigenvalue weighted by molar-refractivity contribution is -0.274. The molecule has 8 rings (SSSR count). The van der Waals surface area contributed by atoms with E-state index >= 15 is 0 Å². The number of aliphatic hydroxyl groups excluding tert-OH is 1. The van der Waals surface area contributed by atoms with Gasteiger partial charge in [-0.15, -0.1) is 13.2 Å². The summed E-state index contributed by atoms with van der Waals surface area (Å²) in [5.74, 6) is -0.536. The number of fused-ring (bicyclic) bond motifs is 8. The van der Waals surface area contributed by atoms with Crippen LogP contribution in [0.25, 0.3) is 11.1 Å². The number of carbonyl (C=O) groups is 2. The lowest BCUT2D eigenvalue weighted by Gasteiger charge is -2.43. The van der Waals surface area contributed by atoms with Gasteiger partial charge in [0.05, 0.1) is 12.6 Å². The van der Waals surface area contributed by atoms with E-state index in [4.69, 9.17) is 4.74 Å².